The van der Waals surface area contributed by atoms with Crippen molar-refractivity contribution in [2.45, 2.75) is 45.1 Å². The van der Waals surface area contributed by atoms with Crippen LogP contribution in [0.1, 0.15) is 30.4 Å². The lowest BCUT2D eigenvalue weighted by Gasteiger charge is -2.41. The van der Waals surface area contributed by atoms with Crippen molar-refractivity contribution < 1.29 is 27.8 Å². The number of ether oxygens (including phenoxy) is 2. The molecule has 0 saturated carbocycles. The monoisotopic (exact) mass is 581 g/mol. The zero-order valence-electron chi connectivity index (χ0n) is 23.9. The fourth-order valence-electron chi connectivity index (χ4n) is 6.01. The molecule has 1 fully saturated rings. The van der Waals surface area contributed by atoms with Crippen molar-refractivity contribution in [2.24, 2.45) is 11.1 Å². The molecule has 0 bridgehead atoms. The molecule has 9 heteroatoms. The van der Waals surface area contributed by atoms with Gasteiger partial charge in [-0.05, 0) is 104 Å². The number of nitrogens with two attached hydrogens (primary N) is 1. The number of rotatable bonds is 11. The molecule has 4 aromatic rings. The minimum atomic E-state index is -4.73. The largest absolute Gasteiger partial charge is 0.573 e. The van der Waals surface area contributed by atoms with Gasteiger partial charge in [0, 0.05) is 42.4 Å². The van der Waals surface area contributed by atoms with Crippen LogP contribution in [0.15, 0.2) is 72.9 Å². The molecule has 1 aliphatic heterocycles. The van der Waals surface area contributed by atoms with Gasteiger partial charge in [0.25, 0.3) is 0 Å². The molecule has 2 heterocycles. The molecule has 1 aliphatic rings. The molecule has 1 saturated heterocycles. The summed E-state index contributed by atoms with van der Waals surface area (Å²) < 4.78 is 49.6. The number of piperidine rings is 1. The van der Waals surface area contributed by atoms with Gasteiger partial charge in [0.15, 0.2) is 0 Å². The Morgan fingerprint density at radius 2 is 1.71 bits per heavy atom. The average molecular weight is 582 g/mol. The molecule has 0 spiro atoms. The van der Waals surface area contributed by atoms with Crippen molar-refractivity contribution in [3.8, 4) is 22.6 Å². The van der Waals surface area contributed by atoms with Crippen LogP contribution in [-0.4, -0.2) is 54.3 Å². The number of aliphatic hydroxyl groups is 1. The number of benzene rings is 3. The Morgan fingerprint density at radius 1 is 0.952 bits per heavy atom. The molecule has 0 amide bonds. The zero-order chi connectivity index (χ0) is 29.7. The quantitative estimate of drug-likeness (QED) is 0.215. The van der Waals surface area contributed by atoms with E-state index >= 15 is 0 Å². The molecule has 5 rings (SSSR count). The molecule has 0 atom stereocenters. The van der Waals surface area contributed by atoms with E-state index in [2.05, 4.69) is 44.7 Å². The lowest BCUT2D eigenvalue weighted by molar-refractivity contribution is -0.274. The highest BCUT2D eigenvalue weighted by Gasteiger charge is 2.34. The number of methoxy groups -OCH3 is 1. The van der Waals surface area contributed by atoms with Gasteiger partial charge in [0.2, 0.25) is 0 Å². The summed E-state index contributed by atoms with van der Waals surface area (Å²) in [5, 5.41) is 11.4. The predicted octanol–water partition coefficient (Wildman–Crippen LogP) is 6.38. The molecule has 0 aliphatic carbocycles. The minimum absolute atomic E-state index is 0.149. The van der Waals surface area contributed by atoms with Crippen LogP contribution < -0.4 is 15.2 Å². The number of hydrogen-bond donors (Lipinski definition) is 2. The molecule has 42 heavy (non-hydrogen) atoms. The number of nitrogens with zero attached hydrogens (tertiary/aromatic N) is 2. The van der Waals surface area contributed by atoms with E-state index in [1.807, 2.05) is 18.2 Å². The number of alkyl halides is 3. The first-order valence-electron chi connectivity index (χ1n) is 14.3. The third-order valence-corrected chi connectivity index (χ3v) is 8.32. The summed E-state index contributed by atoms with van der Waals surface area (Å²) in [7, 11) is 1.66. The molecule has 3 N–H and O–H groups in total. The minimum Gasteiger partial charge on any atom is -0.497 e. The van der Waals surface area contributed by atoms with Gasteiger partial charge in [-0.2, -0.15) is 0 Å². The summed E-state index contributed by atoms with van der Waals surface area (Å²) in [6.07, 6.45) is 0.756. The Balaban J connectivity index is 1.33. The van der Waals surface area contributed by atoms with Crippen LogP contribution in [-0.2, 0) is 19.5 Å². The number of aryl methyl sites for hydroxylation is 1. The molecule has 0 radical (unpaired) electrons. The number of fused-ring (bicyclic) bond motifs is 1. The summed E-state index contributed by atoms with van der Waals surface area (Å²) in [5.41, 5.74) is 10.8. The van der Waals surface area contributed by atoms with E-state index in [-0.39, 0.29) is 17.8 Å². The van der Waals surface area contributed by atoms with Crippen molar-refractivity contribution in [2.75, 3.05) is 33.4 Å². The number of likely N-dealkylation sites (tertiary alicyclic amines) is 1. The topological polar surface area (TPSA) is 72.9 Å². The highest BCUT2D eigenvalue weighted by Crippen LogP contribution is 2.37. The third-order valence-electron chi connectivity index (χ3n) is 8.32. The first-order valence-corrected chi connectivity index (χ1v) is 14.3. The van der Waals surface area contributed by atoms with Gasteiger partial charge in [-0.3, -0.25) is 4.90 Å². The van der Waals surface area contributed by atoms with Gasteiger partial charge >= 0.3 is 6.36 Å². The van der Waals surface area contributed by atoms with Crippen molar-refractivity contribution in [3.63, 3.8) is 0 Å². The lowest BCUT2D eigenvalue weighted by atomic mass is 9.74. The highest BCUT2D eigenvalue weighted by molar-refractivity contribution is 5.96. The average Bonchev–Trinajstić information content (AvgIpc) is 3.34. The molecule has 0 unspecified atom stereocenters. The van der Waals surface area contributed by atoms with E-state index in [9.17, 15) is 18.3 Å². The van der Waals surface area contributed by atoms with Crippen molar-refractivity contribution >= 4 is 10.9 Å². The fraction of sp³-hybridized carbons (Fsp3) is 0.394. The summed E-state index contributed by atoms with van der Waals surface area (Å²) in [6.45, 7) is 4.02. The van der Waals surface area contributed by atoms with Crippen LogP contribution in [0.3, 0.4) is 0 Å². The van der Waals surface area contributed by atoms with E-state index in [1.165, 1.54) is 23.3 Å². The van der Waals surface area contributed by atoms with Gasteiger partial charge in [-0.1, -0.05) is 30.3 Å². The van der Waals surface area contributed by atoms with Crippen LogP contribution in [0, 0.1) is 5.41 Å². The van der Waals surface area contributed by atoms with E-state index in [0.29, 0.717) is 6.54 Å². The van der Waals surface area contributed by atoms with Gasteiger partial charge < -0.3 is 24.9 Å². The molecular formula is C33H38F3N3O3. The first kappa shape index (κ1) is 29.9. The second-order valence-electron chi connectivity index (χ2n) is 11.3. The summed E-state index contributed by atoms with van der Waals surface area (Å²) >= 11 is 0. The summed E-state index contributed by atoms with van der Waals surface area (Å²) in [6, 6.07) is 20.6. The van der Waals surface area contributed by atoms with Crippen LogP contribution in [0.2, 0.25) is 0 Å². The second kappa shape index (κ2) is 12.8. The first-order chi connectivity index (χ1) is 20.2. The van der Waals surface area contributed by atoms with Crippen molar-refractivity contribution in [3.05, 3.63) is 84.1 Å². The Labute approximate surface area is 244 Å². The van der Waals surface area contributed by atoms with Crippen molar-refractivity contribution in [1.82, 2.24) is 9.47 Å². The van der Waals surface area contributed by atoms with E-state index in [0.717, 1.165) is 79.6 Å². The maximum absolute atomic E-state index is 12.7. The predicted molar refractivity (Wildman–Crippen MR) is 158 cm³/mol. The number of aromatic nitrogens is 1. The van der Waals surface area contributed by atoms with Crippen molar-refractivity contribution in [1.29, 1.82) is 0 Å². The van der Waals surface area contributed by atoms with Crippen LogP contribution in [0.25, 0.3) is 22.0 Å². The number of halogens is 3. The normalized spacial score (nSPS) is 15.7. The maximum Gasteiger partial charge on any atom is 0.573 e. The smallest absolute Gasteiger partial charge is 0.497 e. The molecular weight excluding hydrogens is 543 g/mol. The van der Waals surface area contributed by atoms with Crippen LogP contribution in [0.4, 0.5) is 13.2 Å². The van der Waals surface area contributed by atoms with E-state index < -0.39 is 6.36 Å². The summed E-state index contributed by atoms with van der Waals surface area (Å²) in [4.78, 5) is 2.43. The van der Waals surface area contributed by atoms with E-state index in [4.69, 9.17) is 10.5 Å². The standard InChI is InChI=1S/C33H38F3N3O3/c1-41-28-5-2-4-24(18-28)20-32(23-40)12-16-38(17-13-32)21-25-6-11-31-29(19-25)30(22-39(31)15-3-14-37)26-7-9-27(10-8-26)42-33(34,35)36/h2,4-11,18-19,22,40H,3,12-17,20-21,23,37H2,1H3. The van der Waals surface area contributed by atoms with Gasteiger partial charge in [0.1, 0.15) is 11.5 Å². The fourth-order valence-corrected chi connectivity index (χ4v) is 6.01. The zero-order valence-corrected chi connectivity index (χ0v) is 23.9. The van der Waals surface area contributed by atoms with Crippen LogP contribution in [0.5, 0.6) is 11.5 Å². The molecule has 3 aromatic carbocycles. The Bertz CT molecular complexity index is 1480. The maximum atomic E-state index is 12.7. The second-order valence-corrected chi connectivity index (χ2v) is 11.3. The molecule has 224 valence electrons. The lowest BCUT2D eigenvalue weighted by Crippen LogP contribution is -2.42. The highest BCUT2D eigenvalue weighted by atomic mass is 19.4. The molecule has 6 nitrogen and oxygen atoms in total. The Kier molecular flexibility index (Phi) is 9.11. The van der Waals surface area contributed by atoms with Gasteiger partial charge in [-0.15, -0.1) is 13.2 Å². The number of aliphatic hydroxyl groups excluding tert-OH is 1. The number of hydrogen-bond acceptors (Lipinski definition) is 5. The Morgan fingerprint density at radius 3 is 2.38 bits per heavy atom. The molecule has 1 aromatic heterocycles. The van der Waals surface area contributed by atoms with Gasteiger partial charge in [-0.25, -0.2) is 0 Å². The SMILES string of the molecule is COc1cccc(CC2(CO)CCN(Cc3ccc4c(c3)c(-c3ccc(OC(F)(F)F)cc3)cn4CCCN)CC2)c1. The summed E-state index contributed by atoms with van der Waals surface area (Å²) in [5.74, 6) is 0.587. The third kappa shape index (κ3) is 7.09. The Hall–Kier alpha value is -3.53. The van der Waals surface area contributed by atoms with Crippen LogP contribution >= 0.6 is 0 Å². The van der Waals surface area contributed by atoms with E-state index in [1.54, 1.807) is 19.2 Å². The van der Waals surface area contributed by atoms with Gasteiger partial charge in [0.05, 0.1) is 7.11 Å².